The van der Waals surface area contributed by atoms with Crippen molar-refractivity contribution in [1.82, 2.24) is 0 Å². The van der Waals surface area contributed by atoms with Crippen molar-refractivity contribution < 1.29 is 44.3 Å². The van der Waals surface area contributed by atoms with Gasteiger partial charge in [-0.05, 0) is 48.7 Å². The van der Waals surface area contributed by atoms with Crippen molar-refractivity contribution in [2.45, 2.75) is 41.7 Å². The molecule has 0 bridgehead atoms. The second kappa shape index (κ2) is 7.89. The third-order valence-corrected chi connectivity index (χ3v) is 7.16. The van der Waals surface area contributed by atoms with Crippen LogP contribution >= 0.6 is 0 Å². The Balaban J connectivity index is 2.17. The van der Waals surface area contributed by atoms with Crippen LogP contribution in [0.2, 0.25) is 0 Å². The highest BCUT2D eigenvalue weighted by molar-refractivity contribution is 7.92. The maximum Gasteiger partial charge on any atom is 0.430 e. The van der Waals surface area contributed by atoms with E-state index in [1.165, 1.54) is 0 Å². The standard InChI is InChI=1S/C19H17F7N2O3S/c20-13-3-6-15(7-4-13)32(30,31)28-14(10-27)5-1-11-9-12(2-8-16(11)28)17(29,18(21,22)23)19(24,25)26/h2-4,6-9,14,29H,1,5,10,27H2. The Morgan fingerprint density at radius 3 is 2.06 bits per heavy atom. The van der Waals surface area contributed by atoms with Crippen molar-refractivity contribution in [2.75, 3.05) is 10.8 Å². The summed E-state index contributed by atoms with van der Waals surface area (Å²) in [7, 11) is -4.38. The Morgan fingerprint density at radius 1 is 1.00 bits per heavy atom. The monoisotopic (exact) mass is 486 g/mol. The van der Waals surface area contributed by atoms with E-state index in [0.717, 1.165) is 34.6 Å². The fraction of sp³-hybridized carbons (Fsp3) is 0.368. The van der Waals surface area contributed by atoms with Gasteiger partial charge in [0.15, 0.2) is 0 Å². The lowest BCUT2D eigenvalue weighted by molar-refractivity contribution is -0.376. The van der Waals surface area contributed by atoms with E-state index in [0.29, 0.717) is 12.1 Å². The Bertz CT molecular complexity index is 1090. The number of fused-ring (bicyclic) bond motifs is 1. The first-order chi connectivity index (χ1) is 14.6. The van der Waals surface area contributed by atoms with Crippen molar-refractivity contribution in [1.29, 1.82) is 0 Å². The zero-order chi connectivity index (χ0) is 24.1. The number of alkyl halides is 6. The summed E-state index contributed by atoms with van der Waals surface area (Å²) in [5.41, 5.74) is -1.29. The number of aliphatic hydroxyl groups is 1. The van der Waals surface area contributed by atoms with E-state index in [1.807, 2.05) is 0 Å². The van der Waals surface area contributed by atoms with Crippen LogP contribution in [0, 0.1) is 5.82 Å². The fourth-order valence-electron chi connectivity index (χ4n) is 3.61. The summed E-state index contributed by atoms with van der Waals surface area (Å²) in [6.07, 6.45) is -12.2. The maximum absolute atomic E-state index is 13.2. The summed E-state index contributed by atoms with van der Waals surface area (Å²) in [5.74, 6) is -0.707. The predicted octanol–water partition coefficient (Wildman–Crippen LogP) is 3.61. The second-order valence-corrected chi connectivity index (χ2v) is 9.05. The minimum atomic E-state index is -6.08. The molecule has 0 amide bonds. The molecule has 0 radical (unpaired) electrons. The van der Waals surface area contributed by atoms with Gasteiger partial charge in [0.25, 0.3) is 15.6 Å². The molecule has 1 aliphatic heterocycles. The number of aryl methyl sites for hydroxylation is 1. The van der Waals surface area contributed by atoms with Crippen molar-refractivity contribution in [3.8, 4) is 0 Å². The molecule has 0 saturated carbocycles. The van der Waals surface area contributed by atoms with Gasteiger partial charge in [0, 0.05) is 12.1 Å². The summed E-state index contributed by atoms with van der Waals surface area (Å²) < 4.78 is 120. The average molecular weight is 486 g/mol. The number of nitrogens with two attached hydrogens (primary N) is 1. The van der Waals surface area contributed by atoms with Gasteiger partial charge < -0.3 is 10.8 Å². The molecule has 1 heterocycles. The summed E-state index contributed by atoms with van der Waals surface area (Å²) >= 11 is 0. The first-order valence-corrected chi connectivity index (χ1v) is 10.6. The van der Waals surface area contributed by atoms with Crippen LogP contribution in [0.15, 0.2) is 47.4 Å². The van der Waals surface area contributed by atoms with Crippen LogP contribution in [0.4, 0.5) is 36.4 Å². The molecule has 2 aromatic carbocycles. The van der Waals surface area contributed by atoms with Gasteiger partial charge in [0.05, 0.1) is 16.6 Å². The Morgan fingerprint density at radius 2 is 1.56 bits per heavy atom. The van der Waals surface area contributed by atoms with Gasteiger partial charge in [0.2, 0.25) is 0 Å². The molecule has 0 spiro atoms. The van der Waals surface area contributed by atoms with Gasteiger partial charge in [-0.1, -0.05) is 12.1 Å². The molecule has 2 aromatic rings. The van der Waals surface area contributed by atoms with Gasteiger partial charge in [0.1, 0.15) is 5.82 Å². The van der Waals surface area contributed by atoms with Gasteiger partial charge in [-0.15, -0.1) is 0 Å². The van der Waals surface area contributed by atoms with E-state index in [9.17, 15) is 44.3 Å². The molecule has 3 N–H and O–H groups in total. The third kappa shape index (κ3) is 3.82. The molecule has 176 valence electrons. The lowest BCUT2D eigenvalue weighted by Gasteiger charge is -2.39. The van der Waals surface area contributed by atoms with Crippen molar-refractivity contribution in [3.05, 3.63) is 59.4 Å². The molecule has 32 heavy (non-hydrogen) atoms. The molecule has 0 fully saturated rings. The Hall–Kier alpha value is -2.38. The minimum Gasteiger partial charge on any atom is -0.369 e. The highest BCUT2D eigenvalue weighted by Crippen LogP contribution is 2.51. The zero-order valence-electron chi connectivity index (χ0n) is 16.1. The molecule has 0 aromatic heterocycles. The van der Waals surface area contributed by atoms with E-state index >= 15 is 0 Å². The second-order valence-electron chi connectivity index (χ2n) is 7.23. The molecule has 1 atom stereocenters. The topological polar surface area (TPSA) is 83.6 Å². The third-order valence-electron chi connectivity index (χ3n) is 5.28. The number of rotatable bonds is 4. The summed E-state index contributed by atoms with van der Waals surface area (Å²) in [5, 5.41) is 9.65. The smallest absolute Gasteiger partial charge is 0.369 e. The molecule has 0 aliphatic carbocycles. The number of anilines is 1. The molecule has 1 unspecified atom stereocenters. The van der Waals surface area contributed by atoms with Crippen LogP contribution in [0.5, 0.6) is 0 Å². The van der Waals surface area contributed by atoms with E-state index in [-0.39, 0.29) is 35.5 Å². The van der Waals surface area contributed by atoms with Crippen LogP contribution < -0.4 is 10.0 Å². The van der Waals surface area contributed by atoms with Crippen LogP contribution in [0.1, 0.15) is 17.5 Å². The zero-order valence-corrected chi connectivity index (χ0v) is 16.9. The normalized spacial score (nSPS) is 17.9. The lowest BCUT2D eigenvalue weighted by Crippen LogP contribution is -2.54. The van der Waals surface area contributed by atoms with Crippen LogP contribution in [0.3, 0.4) is 0 Å². The molecule has 0 saturated heterocycles. The lowest BCUT2D eigenvalue weighted by atomic mass is 9.88. The number of nitrogens with zero attached hydrogens (tertiary/aromatic N) is 1. The number of hydrogen-bond donors (Lipinski definition) is 2. The molecule has 13 heteroatoms. The van der Waals surface area contributed by atoms with Gasteiger partial charge in [-0.25, -0.2) is 12.8 Å². The SMILES string of the molecule is NCC1CCc2cc(C(O)(C(F)(F)F)C(F)(F)F)ccc2N1S(=O)(=O)c1ccc(F)cc1. The molecule has 5 nitrogen and oxygen atoms in total. The number of benzene rings is 2. The van der Waals surface area contributed by atoms with Gasteiger partial charge >= 0.3 is 12.4 Å². The molecule has 1 aliphatic rings. The predicted molar refractivity (Wildman–Crippen MR) is 99.7 cm³/mol. The van der Waals surface area contributed by atoms with Crippen LogP contribution in [-0.2, 0) is 22.0 Å². The highest BCUT2D eigenvalue weighted by Gasteiger charge is 2.71. The van der Waals surface area contributed by atoms with E-state index < -0.39 is 45.4 Å². The van der Waals surface area contributed by atoms with Crippen LogP contribution in [-0.4, -0.2) is 38.5 Å². The minimum absolute atomic E-state index is 0.00381. The highest BCUT2D eigenvalue weighted by atomic mass is 32.2. The summed E-state index contributed by atoms with van der Waals surface area (Å²) in [6.45, 7) is -0.184. The first-order valence-electron chi connectivity index (χ1n) is 9.14. The fourth-order valence-corrected chi connectivity index (χ4v) is 5.34. The Kier molecular flexibility index (Phi) is 5.98. The largest absolute Gasteiger partial charge is 0.430 e. The van der Waals surface area contributed by atoms with Crippen molar-refractivity contribution in [3.63, 3.8) is 0 Å². The number of sulfonamides is 1. The Labute approximate surface area is 178 Å². The van der Waals surface area contributed by atoms with Crippen molar-refractivity contribution >= 4 is 15.7 Å². The van der Waals surface area contributed by atoms with Gasteiger partial charge in [-0.2, -0.15) is 26.3 Å². The summed E-state index contributed by atoms with van der Waals surface area (Å²) in [4.78, 5) is -0.337. The van der Waals surface area contributed by atoms with Gasteiger partial charge in [-0.3, -0.25) is 4.31 Å². The molecule has 3 rings (SSSR count). The van der Waals surface area contributed by atoms with E-state index in [1.54, 1.807) is 0 Å². The van der Waals surface area contributed by atoms with Crippen molar-refractivity contribution in [2.24, 2.45) is 5.73 Å². The number of halogens is 7. The van der Waals surface area contributed by atoms with E-state index in [2.05, 4.69) is 0 Å². The maximum atomic E-state index is 13.2. The van der Waals surface area contributed by atoms with E-state index in [4.69, 9.17) is 5.73 Å². The quantitative estimate of drug-likeness (QED) is 0.647. The van der Waals surface area contributed by atoms with Crippen LogP contribution in [0.25, 0.3) is 0 Å². The number of hydrogen-bond acceptors (Lipinski definition) is 4. The molecular formula is C19H17F7N2O3S. The first kappa shape index (κ1) is 24.3. The average Bonchev–Trinajstić information content (AvgIpc) is 2.70. The molecular weight excluding hydrogens is 469 g/mol. The summed E-state index contributed by atoms with van der Waals surface area (Å²) in [6, 6.07) is 4.56.